The Morgan fingerprint density at radius 1 is 1.00 bits per heavy atom. The van der Waals surface area contributed by atoms with Gasteiger partial charge >= 0.3 is 0 Å². The lowest BCUT2D eigenvalue weighted by atomic mass is 10.3. The lowest BCUT2D eigenvalue weighted by Crippen LogP contribution is -2.28. The Bertz CT molecular complexity index is 1050. The summed E-state index contributed by atoms with van der Waals surface area (Å²) in [7, 11) is 0. The van der Waals surface area contributed by atoms with E-state index < -0.39 is 0 Å². The summed E-state index contributed by atoms with van der Waals surface area (Å²) in [5.74, 6) is 1.24. The average molecular weight is 374 g/mol. The third-order valence-corrected chi connectivity index (χ3v) is 4.49. The van der Waals surface area contributed by atoms with Crippen LogP contribution in [0.4, 0.5) is 17.5 Å². The summed E-state index contributed by atoms with van der Waals surface area (Å²) in [6, 6.07) is 19.8. The summed E-state index contributed by atoms with van der Waals surface area (Å²) in [4.78, 5) is 11.4. The average Bonchev–Trinajstić information content (AvgIpc) is 3.18. The molecule has 2 aromatic carbocycles. The first kappa shape index (κ1) is 17.9. The van der Waals surface area contributed by atoms with Crippen LogP contribution in [0.2, 0.25) is 0 Å². The van der Waals surface area contributed by atoms with Gasteiger partial charge in [0.05, 0.1) is 23.9 Å². The highest BCUT2D eigenvalue weighted by molar-refractivity contribution is 5.90. The quantitative estimate of drug-likeness (QED) is 0.516. The van der Waals surface area contributed by atoms with Crippen LogP contribution in [-0.2, 0) is 0 Å². The van der Waals surface area contributed by atoms with Crippen LogP contribution in [0.3, 0.4) is 0 Å². The van der Waals surface area contributed by atoms with Crippen LogP contribution in [0.5, 0.6) is 0 Å². The number of nitrogens with one attached hydrogen (secondary N) is 1. The number of para-hydroxylation sites is 2. The molecule has 2 heterocycles. The lowest BCUT2D eigenvalue weighted by Gasteiger charge is -2.20. The third kappa shape index (κ3) is 3.52. The topological polar surface area (TPSA) is 79.1 Å². The van der Waals surface area contributed by atoms with E-state index in [2.05, 4.69) is 10.4 Å². The number of anilines is 3. The smallest absolute Gasteiger partial charge is 0.229 e. The van der Waals surface area contributed by atoms with E-state index in [9.17, 15) is 5.11 Å². The molecule has 0 saturated carbocycles. The Hall–Kier alpha value is -3.45. The van der Waals surface area contributed by atoms with E-state index >= 15 is 0 Å². The first-order valence-corrected chi connectivity index (χ1v) is 9.29. The number of nitrogens with zero attached hydrogens (tertiary/aromatic N) is 5. The Morgan fingerprint density at radius 3 is 2.39 bits per heavy atom. The third-order valence-electron chi connectivity index (χ3n) is 4.49. The fourth-order valence-corrected chi connectivity index (χ4v) is 3.07. The number of likely N-dealkylation sites (N-methyl/N-ethyl adjacent to an activating group) is 1. The van der Waals surface area contributed by atoms with Crippen molar-refractivity contribution in [1.29, 1.82) is 0 Å². The van der Waals surface area contributed by atoms with E-state index in [1.54, 1.807) is 6.20 Å². The van der Waals surface area contributed by atoms with Gasteiger partial charge in [0.2, 0.25) is 5.95 Å². The molecular weight excluding hydrogens is 352 g/mol. The first-order chi connectivity index (χ1) is 13.8. The summed E-state index contributed by atoms with van der Waals surface area (Å²) in [5.41, 5.74) is 2.58. The van der Waals surface area contributed by atoms with E-state index in [1.165, 1.54) is 0 Å². The highest BCUT2D eigenvalue weighted by atomic mass is 16.3. The number of aliphatic hydroxyl groups is 1. The van der Waals surface area contributed by atoms with Gasteiger partial charge in [-0.2, -0.15) is 15.1 Å². The number of benzene rings is 2. The van der Waals surface area contributed by atoms with Crippen molar-refractivity contribution in [3.05, 3.63) is 66.9 Å². The Kier molecular flexibility index (Phi) is 5.16. The molecule has 0 saturated heterocycles. The van der Waals surface area contributed by atoms with Crippen molar-refractivity contribution in [2.75, 3.05) is 29.9 Å². The van der Waals surface area contributed by atoms with Crippen LogP contribution in [-0.4, -0.2) is 44.6 Å². The van der Waals surface area contributed by atoms with Crippen LogP contribution in [0.25, 0.3) is 16.7 Å². The van der Waals surface area contributed by atoms with E-state index in [0.29, 0.717) is 30.5 Å². The zero-order valence-corrected chi connectivity index (χ0v) is 15.7. The van der Waals surface area contributed by atoms with Crippen LogP contribution >= 0.6 is 0 Å². The molecule has 0 fully saturated rings. The molecule has 0 aliphatic rings. The molecule has 0 radical (unpaired) electrons. The number of hydrogen-bond donors (Lipinski definition) is 2. The van der Waals surface area contributed by atoms with Crippen molar-refractivity contribution in [2.45, 2.75) is 6.92 Å². The van der Waals surface area contributed by atoms with E-state index in [4.69, 9.17) is 9.97 Å². The monoisotopic (exact) mass is 374 g/mol. The molecule has 2 N–H and O–H groups in total. The summed E-state index contributed by atoms with van der Waals surface area (Å²) >= 11 is 0. The maximum atomic E-state index is 9.41. The second kappa shape index (κ2) is 8.06. The second-order valence-corrected chi connectivity index (χ2v) is 6.30. The normalized spacial score (nSPS) is 10.9. The predicted octanol–water partition coefficient (Wildman–Crippen LogP) is 3.38. The fraction of sp³-hybridized carbons (Fsp3) is 0.190. The number of hydrogen-bond acceptors (Lipinski definition) is 6. The minimum absolute atomic E-state index is 0.0363. The van der Waals surface area contributed by atoms with Crippen LogP contribution in [0.15, 0.2) is 66.9 Å². The van der Waals surface area contributed by atoms with Gasteiger partial charge in [-0.05, 0) is 31.2 Å². The number of aliphatic hydroxyl groups excluding tert-OH is 1. The Balaban J connectivity index is 1.87. The van der Waals surface area contributed by atoms with E-state index in [0.717, 1.165) is 16.8 Å². The minimum atomic E-state index is 0.0363. The van der Waals surface area contributed by atoms with Gasteiger partial charge in [0.1, 0.15) is 5.82 Å². The molecule has 0 aliphatic carbocycles. The molecule has 7 heteroatoms. The molecule has 0 unspecified atom stereocenters. The van der Waals surface area contributed by atoms with Crippen LogP contribution in [0, 0.1) is 0 Å². The number of aromatic nitrogens is 4. The molecule has 0 aliphatic heterocycles. The molecular formula is C21H22N6O. The number of fused-ring (bicyclic) bond motifs is 1. The summed E-state index contributed by atoms with van der Waals surface area (Å²) in [5, 5.41) is 18.2. The highest BCUT2D eigenvalue weighted by Gasteiger charge is 2.17. The van der Waals surface area contributed by atoms with Crippen molar-refractivity contribution in [2.24, 2.45) is 0 Å². The van der Waals surface area contributed by atoms with Gasteiger partial charge in [-0.3, -0.25) is 0 Å². The van der Waals surface area contributed by atoms with Crippen molar-refractivity contribution in [3.8, 4) is 5.69 Å². The Labute approximate surface area is 163 Å². The molecule has 0 bridgehead atoms. The Morgan fingerprint density at radius 2 is 1.71 bits per heavy atom. The first-order valence-electron chi connectivity index (χ1n) is 9.29. The molecule has 0 atom stereocenters. The fourth-order valence-electron chi connectivity index (χ4n) is 3.07. The van der Waals surface area contributed by atoms with Crippen molar-refractivity contribution < 1.29 is 5.11 Å². The van der Waals surface area contributed by atoms with Crippen LogP contribution in [0.1, 0.15) is 6.92 Å². The summed E-state index contributed by atoms with van der Waals surface area (Å²) < 4.78 is 1.81. The summed E-state index contributed by atoms with van der Waals surface area (Å²) in [6.07, 6.45) is 1.78. The van der Waals surface area contributed by atoms with Gasteiger partial charge in [-0.1, -0.05) is 36.4 Å². The maximum absolute atomic E-state index is 9.41. The highest BCUT2D eigenvalue weighted by Crippen LogP contribution is 2.27. The number of rotatable bonds is 7. The molecule has 142 valence electrons. The van der Waals surface area contributed by atoms with Crippen molar-refractivity contribution in [1.82, 2.24) is 19.7 Å². The standard InChI is InChI=1S/C21H22N6O/c1-2-26(13-14-28)21-24-19(23-16-9-5-3-6-10-16)18-15-22-27(20(18)25-21)17-11-7-4-8-12-17/h3-12,15,28H,2,13-14H2,1H3,(H,23,24,25). The summed E-state index contributed by atoms with van der Waals surface area (Å²) in [6.45, 7) is 3.21. The van der Waals surface area contributed by atoms with E-state index in [1.807, 2.05) is 77.2 Å². The van der Waals surface area contributed by atoms with Gasteiger partial charge in [-0.25, -0.2) is 4.68 Å². The van der Waals surface area contributed by atoms with Gasteiger partial charge in [0.25, 0.3) is 0 Å². The van der Waals surface area contributed by atoms with Crippen molar-refractivity contribution >= 4 is 28.5 Å². The zero-order valence-electron chi connectivity index (χ0n) is 15.7. The van der Waals surface area contributed by atoms with Gasteiger partial charge in [-0.15, -0.1) is 0 Å². The second-order valence-electron chi connectivity index (χ2n) is 6.30. The van der Waals surface area contributed by atoms with Crippen molar-refractivity contribution in [3.63, 3.8) is 0 Å². The molecule has 0 amide bonds. The molecule has 28 heavy (non-hydrogen) atoms. The largest absolute Gasteiger partial charge is 0.395 e. The lowest BCUT2D eigenvalue weighted by molar-refractivity contribution is 0.302. The zero-order chi connectivity index (χ0) is 19.3. The van der Waals surface area contributed by atoms with Crippen LogP contribution < -0.4 is 10.2 Å². The SMILES string of the molecule is CCN(CCO)c1nc(Nc2ccccc2)c2cnn(-c3ccccc3)c2n1. The molecule has 2 aromatic heterocycles. The minimum Gasteiger partial charge on any atom is -0.395 e. The van der Waals surface area contributed by atoms with Gasteiger partial charge in [0, 0.05) is 18.8 Å². The van der Waals surface area contributed by atoms with Gasteiger partial charge in [0.15, 0.2) is 5.65 Å². The van der Waals surface area contributed by atoms with E-state index in [-0.39, 0.29) is 6.61 Å². The molecule has 0 spiro atoms. The molecule has 4 rings (SSSR count). The maximum Gasteiger partial charge on any atom is 0.229 e. The molecule has 4 aromatic rings. The molecule has 7 nitrogen and oxygen atoms in total. The predicted molar refractivity (Wildman–Crippen MR) is 111 cm³/mol. The van der Waals surface area contributed by atoms with Gasteiger partial charge < -0.3 is 15.3 Å².